The maximum absolute atomic E-state index is 13.6. The molecule has 0 radical (unpaired) electrons. The highest BCUT2D eigenvalue weighted by Gasteiger charge is 2.13. The molecule has 1 aromatic heterocycles. The maximum Gasteiger partial charge on any atom is 0.238 e. The van der Waals surface area contributed by atoms with Crippen LogP contribution in [-0.2, 0) is 11.3 Å². The van der Waals surface area contributed by atoms with Crippen molar-refractivity contribution in [3.63, 3.8) is 0 Å². The Bertz CT molecular complexity index is 599. The van der Waals surface area contributed by atoms with Gasteiger partial charge in [0, 0.05) is 5.69 Å². The van der Waals surface area contributed by atoms with Gasteiger partial charge in [-0.05, 0) is 36.9 Å². The molecule has 2 rings (SSSR count). The first kappa shape index (κ1) is 15.1. The lowest BCUT2D eigenvalue weighted by molar-refractivity contribution is -0.117. The van der Waals surface area contributed by atoms with Gasteiger partial charge in [-0.1, -0.05) is 6.92 Å². The first-order valence-electron chi connectivity index (χ1n) is 6.68. The molecule has 0 unspecified atom stereocenters. The summed E-state index contributed by atoms with van der Waals surface area (Å²) in [6.07, 6.45) is 1.59. The summed E-state index contributed by atoms with van der Waals surface area (Å²) in [5.74, 6) is -0.0284. The molecular formula is C15H18FN3O2. The zero-order valence-corrected chi connectivity index (χ0v) is 11.8. The highest BCUT2D eigenvalue weighted by molar-refractivity contribution is 5.92. The highest BCUT2D eigenvalue weighted by atomic mass is 19.1. The van der Waals surface area contributed by atoms with Crippen molar-refractivity contribution in [2.45, 2.75) is 13.5 Å². The monoisotopic (exact) mass is 291 g/mol. The molecule has 0 atom stereocenters. The van der Waals surface area contributed by atoms with Crippen molar-refractivity contribution in [1.82, 2.24) is 4.90 Å². The van der Waals surface area contributed by atoms with Crippen molar-refractivity contribution < 1.29 is 13.6 Å². The maximum atomic E-state index is 13.6. The van der Waals surface area contributed by atoms with Gasteiger partial charge in [-0.25, -0.2) is 4.39 Å². The normalized spacial score (nSPS) is 10.8. The second-order valence-corrected chi connectivity index (χ2v) is 4.67. The number of likely N-dealkylation sites (N-methyl/N-ethyl adjacent to an activating group) is 1. The molecule has 0 spiro atoms. The van der Waals surface area contributed by atoms with Crippen LogP contribution in [0.25, 0.3) is 0 Å². The minimum atomic E-state index is -0.508. The number of furan rings is 1. The predicted molar refractivity (Wildman–Crippen MR) is 79.1 cm³/mol. The Morgan fingerprint density at radius 2 is 2.24 bits per heavy atom. The van der Waals surface area contributed by atoms with E-state index in [1.807, 2.05) is 17.9 Å². The summed E-state index contributed by atoms with van der Waals surface area (Å²) in [6.45, 7) is 3.28. The number of hydrogen-bond acceptors (Lipinski definition) is 4. The minimum absolute atomic E-state index is 0.0917. The molecule has 112 valence electrons. The molecule has 1 heterocycles. The molecular weight excluding hydrogens is 273 g/mol. The van der Waals surface area contributed by atoms with Gasteiger partial charge in [0.25, 0.3) is 0 Å². The lowest BCUT2D eigenvalue weighted by Gasteiger charge is -2.18. The fourth-order valence-corrected chi connectivity index (χ4v) is 1.93. The van der Waals surface area contributed by atoms with E-state index in [0.29, 0.717) is 18.8 Å². The van der Waals surface area contributed by atoms with Crippen molar-refractivity contribution in [2.24, 2.45) is 0 Å². The van der Waals surface area contributed by atoms with Crippen LogP contribution in [0.15, 0.2) is 41.0 Å². The van der Waals surface area contributed by atoms with Crippen LogP contribution in [0.2, 0.25) is 0 Å². The number of nitrogen functional groups attached to an aromatic ring is 1. The van der Waals surface area contributed by atoms with E-state index in [1.165, 1.54) is 18.2 Å². The van der Waals surface area contributed by atoms with Gasteiger partial charge in [0.05, 0.1) is 25.0 Å². The number of amides is 1. The van der Waals surface area contributed by atoms with Gasteiger partial charge in [-0.3, -0.25) is 9.69 Å². The van der Waals surface area contributed by atoms with Crippen LogP contribution in [0.3, 0.4) is 0 Å². The minimum Gasteiger partial charge on any atom is -0.468 e. The summed E-state index contributed by atoms with van der Waals surface area (Å²) in [7, 11) is 0. The van der Waals surface area contributed by atoms with E-state index in [2.05, 4.69) is 5.32 Å². The van der Waals surface area contributed by atoms with E-state index < -0.39 is 5.82 Å². The number of nitrogens with zero attached hydrogens (tertiary/aromatic N) is 1. The van der Waals surface area contributed by atoms with E-state index in [0.717, 1.165) is 5.76 Å². The molecule has 5 nitrogen and oxygen atoms in total. The molecule has 0 aliphatic heterocycles. The van der Waals surface area contributed by atoms with Gasteiger partial charge >= 0.3 is 0 Å². The number of anilines is 2. The molecule has 0 aliphatic carbocycles. The van der Waals surface area contributed by atoms with Crippen molar-refractivity contribution >= 4 is 17.3 Å². The molecule has 0 saturated carbocycles. The van der Waals surface area contributed by atoms with Crippen LogP contribution in [0.5, 0.6) is 0 Å². The fraction of sp³-hybridized carbons (Fsp3) is 0.267. The van der Waals surface area contributed by atoms with E-state index in [4.69, 9.17) is 10.2 Å². The van der Waals surface area contributed by atoms with Crippen LogP contribution < -0.4 is 11.1 Å². The fourth-order valence-electron chi connectivity index (χ4n) is 1.93. The summed E-state index contributed by atoms with van der Waals surface area (Å²) < 4.78 is 18.8. The first-order chi connectivity index (χ1) is 10.1. The molecule has 3 N–H and O–H groups in total. The zero-order valence-electron chi connectivity index (χ0n) is 11.8. The van der Waals surface area contributed by atoms with Crippen LogP contribution >= 0.6 is 0 Å². The van der Waals surface area contributed by atoms with Gasteiger partial charge in [0.2, 0.25) is 5.91 Å². The molecule has 1 amide bonds. The third kappa shape index (κ3) is 4.32. The third-order valence-corrected chi connectivity index (χ3v) is 3.04. The average Bonchev–Trinajstić information content (AvgIpc) is 2.95. The van der Waals surface area contributed by atoms with Crippen molar-refractivity contribution in [3.05, 3.63) is 48.2 Å². The predicted octanol–water partition coefficient (Wildman–Crippen LogP) is 2.46. The third-order valence-electron chi connectivity index (χ3n) is 3.04. The van der Waals surface area contributed by atoms with Crippen LogP contribution in [0, 0.1) is 5.82 Å². The molecule has 0 aliphatic rings. The highest BCUT2D eigenvalue weighted by Crippen LogP contribution is 2.17. The number of benzene rings is 1. The number of halogens is 1. The SMILES string of the molecule is CCN(CC(=O)Nc1cc(N)ccc1F)Cc1ccco1. The number of nitrogens with two attached hydrogens (primary N) is 1. The molecule has 0 saturated heterocycles. The molecule has 2 aromatic rings. The largest absolute Gasteiger partial charge is 0.468 e. The molecule has 0 bridgehead atoms. The number of nitrogens with one attached hydrogen (secondary N) is 1. The summed E-state index contributed by atoms with van der Waals surface area (Å²) in [5.41, 5.74) is 6.07. The standard InChI is InChI=1S/C15H18FN3O2/c1-2-19(9-12-4-3-7-21-12)10-15(20)18-14-8-11(17)5-6-13(14)16/h3-8H,2,9-10,17H2,1H3,(H,18,20). The van der Waals surface area contributed by atoms with Crippen LogP contribution in [-0.4, -0.2) is 23.9 Å². The molecule has 0 fully saturated rings. The molecule has 1 aromatic carbocycles. The van der Waals surface area contributed by atoms with Crippen LogP contribution in [0.1, 0.15) is 12.7 Å². The van der Waals surface area contributed by atoms with Gasteiger partial charge in [0.1, 0.15) is 11.6 Å². The van der Waals surface area contributed by atoms with Crippen molar-refractivity contribution in [2.75, 3.05) is 24.1 Å². The first-order valence-corrected chi connectivity index (χ1v) is 6.68. The second kappa shape index (κ2) is 6.90. The lowest BCUT2D eigenvalue weighted by atomic mass is 10.2. The summed E-state index contributed by atoms with van der Waals surface area (Å²) in [5, 5.41) is 2.53. The Morgan fingerprint density at radius 3 is 2.90 bits per heavy atom. The number of carbonyl (C=O) groups excluding carboxylic acids is 1. The molecule has 6 heteroatoms. The van der Waals surface area contributed by atoms with E-state index in [9.17, 15) is 9.18 Å². The summed E-state index contributed by atoms with van der Waals surface area (Å²) in [6, 6.07) is 7.71. The number of hydrogen-bond donors (Lipinski definition) is 2. The number of carbonyl (C=O) groups is 1. The lowest BCUT2D eigenvalue weighted by Crippen LogP contribution is -2.32. The van der Waals surface area contributed by atoms with Crippen LogP contribution in [0.4, 0.5) is 15.8 Å². The van der Waals surface area contributed by atoms with Gasteiger partial charge in [-0.2, -0.15) is 0 Å². The van der Waals surface area contributed by atoms with Gasteiger partial charge in [-0.15, -0.1) is 0 Å². The van der Waals surface area contributed by atoms with E-state index >= 15 is 0 Å². The number of rotatable bonds is 6. The Hall–Kier alpha value is -2.34. The average molecular weight is 291 g/mol. The van der Waals surface area contributed by atoms with Crippen molar-refractivity contribution in [3.8, 4) is 0 Å². The zero-order chi connectivity index (χ0) is 15.2. The Labute approximate surface area is 122 Å². The Morgan fingerprint density at radius 1 is 1.43 bits per heavy atom. The Balaban J connectivity index is 1.95. The van der Waals surface area contributed by atoms with Gasteiger partial charge in [0.15, 0.2) is 0 Å². The second-order valence-electron chi connectivity index (χ2n) is 4.67. The quantitative estimate of drug-likeness (QED) is 0.802. The van der Waals surface area contributed by atoms with Crippen molar-refractivity contribution in [1.29, 1.82) is 0 Å². The summed E-state index contributed by atoms with van der Waals surface area (Å²) >= 11 is 0. The Kier molecular flexibility index (Phi) is 4.94. The topological polar surface area (TPSA) is 71.5 Å². The molecule has 21 heavy (non-hydrogen) atoms. The van der Waals surface area contributed by atoms with E-state index in [1.54, 1.807) is 12.3 Å². The van der Waals surface area contributed by atoms with Gasteiger partial charge < -0.3 is 15.5 Å². The smallest absolute Gasteiger partial charge is 0.238 e. The van der Waals surface area contributed by atoms with E-state index in [-0.39, 0.29) is 18.1 Å². The summed E-state index contributed by atoms with van der Waals surface area (Å²) in [4.78, 5) is 13.9.